The molecule has 4 rings (SSSR count). The van der Waals surface area contributed by atoms with Crippen molar-refractivity contribution in [3.63, 3.8) is 0 Å². The second-order valence-electron chi connectivity index (χ2n) is 7.85. The Morgan fingerprint density at radius 3 is 2.41 bits per heavy atom. The molecule has 0 bridgehead atoms. The topological polar surface area (TPSA) is 42.4 Å². The highest BCUT2D eigenvalue weighted by atomic mass is 16.5. The fourth-order valence-corrected chi connectivity index (χ4v) is 4.79. The van der Waals surface area contributed by atoms with E-state index >= 15 is 0 Å². The van der Waals surface area contributed by atoms with Crippen LogP contribution in [0.2, 0.25) is 0 Å². The Morgan fingerprint density at radius 1 is 1.04 bits per heavy atom. The molecule has 0 amide bonds. The van der Waals surface area contributed by atoms with Crippen LogP contribution < -0.4 is 0 Å². The quantitative estimate of drug-likeness (QED) is 0.753. The summed E-state index contributed by atoms with van der Waals surface area (Å²) in [6, 6.07) is 16.3. The Balaban J connectivity index is 1.47. The summed E-state index contributed by atoms with van der Waals surface area (Å²) in [5.74, 6) is 0.649. The first kappa shape index (κ1) is 18.3. The highest BCUT2D eigenvalue weighted by molar-refractivity contribution is 5.99. The predicted octanol–water partition coefficient (Wildman–Crippen LogP) is 3.97. The lowest BCUT2D eigenvalue weighted by molar-refractivity contribution is -0.0229. The third kappa shape index (κ3) is 3.97. The molecule has 27 heavy (non-hydrogen) atoms. The van der Waals surface area contributed by atoms with Gasteiger partial charge in [-0.25, -0.2) is 0 Å². The maximum absolute atomic E-state index is 13.5. The van der Waals surface area contributed by atoms with Gasteiger partial charge in [-0.1, -0.05) is 36.4 Å². The van der Waals surface area contributed by atoms with Crippen LogP contribution in [0.5, 0.6) is 0 Å². The summed E-state index contributed by atoms with van der Waals surface area (Å²) in [5.41, 5.74) is 1.68. The number of nitrogens with zero attached hydrogens (tertiary/aromatic N) is 2. The van der Waals surface area contributed by atoms with Crippen LogP contribution in [-0.4, -0.2) is 42.0 Å². The van der Waals surface area contributed by atoms with Crippen molar-refractivity contribution >= 4 is 5.78 Å². The number of carbonyl (C=O) groups is 1. The van der Waals surface area contributed by atoms with E-state index in [9.17, 15) is 4.79 Å². The lowest BCUT2D eigenvalue weighted by Gasteiger charge is -2.45. The number of ether oxygens (including phenoxy) is 1. The number of carbonyl (C=O) groups excluding carboxylic acids is 1. The van der Waals surface area contributed by atoms with Gasteiger partial charge in [0.2, 0.25) is 0 Å². The van der Waals surface area contributed by atoms with Crippen LogP contribution in [0, 0.1) is 11.3 Å². The number of piperidine rings is 1. The van der Waals surface area contributed by atoms with Crippen molar-refractivity contribution in [2.75, 3.05) is 26.3 Å². The summed E-state index contributed by atoms with van der Waals surface area (Å²) in [5, 5.41) is 0. The molecule has 0 aliphatic carbocycles. The highest BCUT2D eigenvalue weighted by Crippen LogP contribution is 2.45. The molecule has 0 radical (unpaired) electrons. The first-order chi connectivity index (χ1) is 13.3. The Morgan fingerprint density at radius 2 is 1.74 bits per heavy atom. The summed E-state index contributed by atoms with van der Waals surface area (Å²) in [6.07, 6.45) is 5.52. The average Bonchev–Trinajstić information content (AvgIpc) is 2.75. The SMILES string of the molecule is O=C(c1ccccn1)C1(C2CCN(Cc3ccccc3)CC2)CCOCC1. The van der Waals surface area contributed by atoms with Gasteiger partial charge in [-0.3, -0.25) is 14.7 Å². The van der Waals surface area contributed by atoms with E-state index in [4.69, 9.17) is 4.74 Å². The molecule has 4 nitrogen and oxygen atoms in total. The van der Waals surface area contributed by atoms with E-state index in [1.165, 1.54) is 5.56 Å². The summed E-state index contributed by atoms with van der Waals surface area (Å²) in [7, 11) is 0. The van der Waals surface area contributed by atoms with Crippen LogP contribution in [0.15, 0.2) is 54.7 Å². The fourth-order valence-electron chi connectivity index (χ4n) is 4.79. The number of hydrogen-bond acceptors (Lipinski definition) is 4. The normalized spacial score (nSPS) is 21.0. The van der Waals surface area contributed by atoms with Crippen molar-refractivity contribution in [1.29, 1.82) is 0 Å². The van der Waals surface area contributed by atoms with Crippen LogP contribution in [0.3, 0.4) is 0 Å². The van der Waals surface area contributed by atoms with Crippen LogP contribution in [0.4, 0.5) is 0 Å². The number of likely N-dealkylation sites (tertiary alicyclic amines) is 1. The van der Waals surface area contributed by atoms with Crippen molar-refractivity contribution < 1.29 is 9.53 Å². The molecule has 1 aromatic heterocycles. The smallest absolute Gasteiger partial charge is 0.187 e. The van der Waals surface area contributed by atoms with Gasteiger partial charge in [0.05, 0.1) is 0 Å². The van der Waals surface area contributed by atoms with E-state index in [0.29, 0.717) is 24.8 Å². The minimum absolute atomic E-state index is 0.230. The third-order valence-corrected chi connectivity index (χ3v) is 6.35. The zero-order valence-corrected chi connectivity index (χ0v) is 15.8. The average molecular weight is 364 g/mol. The molecule has 0 N–H and O–H groups in total. The third-order valence-electron chi connectivity index (χ3n) is 6.35. The molecule has 2 fully saturated rings. The van der Waals surface area contributed by atoms with Gasteiger partial charge in [0.15, 0.2) is 5.78 Å². The number of aromatic nitrogens is 1. The van der Waals surface area contributed by atoms with Crippen LogP contribution in [-0.2, 0) is 11.3 Å². The van der Waals surface area contributed by atoms with E-state index in [1.54, 1.807) is 6.20 Å². The van der Waals surface area contributed by atoms with Gasteiger partial charge >= 0.3 is 0 Å². The zero-order chi connectivity index (χ0) is 18.5. The minimum Gasteiger partial charge on any atom is -0.381 e. The largest absolute Gasteiger partial charge is 0.381 e. The summed E-state index contributed by atoms with van der Waals surface area (Å²) in [6.45, 7) is 4.47. The van der Waals surface area contributed by atoms with Gasteiger partial charge in [-0.2, -0.15) is 0 Å². The molecule has 3 heterocycles. The summed E-state index contributed by atoms with van der Waals surface area (Å²) >= 11 is 0. The van der Waals surface area contributed by atoms with Crippen molar-refractivity contribution in [2.24, 2.45) is 11.3 Å². The number of ketones is 1. The highest BCUT2D eigenvalue weighted by Gasteiger charge is 2.47. The van der Waals surface area contributed by atoms with E-state index < -0.39 is 0 Å². The second-order valence-corrected chi connectivity index (χ2v) is 7.85. The van der Waals surface area contributed by atoms with Gasteiger partial charge in [0, 0.05) is 31.4 Å². The molecule has 0 saturated carbocycles. The maximum Gasteiger partial charge on any atom is 0.187 e. The van der Waals surface area contributed by atoms with Crippen LogP contribution in [0.25, 0.3) is 0 Å². The van der Waals surface area contributed by atoms with Gasteiger partial charge in [0.25, 0.3) is 0 Å². The Hall–Kier alpha value is -2.04. The molecule has 142 valence electrons. The first-order valence-electron chi connectivity index (χ1n) is 10.1. The molecule has 2 aromatic rings. The molecular formula is C23H28N2O2. The van der Waals surface area contributed by atoms with Gasteiger partial charge in [0.1, 0.15) is 5.69 Å². The molecular weight excluding hydrogens is 336 g/mol. The monoisotopic (exact) mass is 364 g/mol. The Labute approximate surface area is 161 Å². The number of Topliss-reactive ketones (excluding diaryl/α,β-unsaturated/α-hetero) is 1. The number of benzene rings is 1. The van der Waals surface area contributed by atoms with Gasteiger partial charge < -0.3 is 4.74 Å². The van der Waals surface area contributed by atoms with Crippen LogP contribution >= 0.6 is 0 Å². The molecule has 1 aromatic carbocycles. The predicted molar refractivity (Wildman–Crippen MR) is 105 cm³/mol. The molecule has 0 atom stereocenters. The number of hydrogen-bond donors (Lipinski definition) is 0. The van der Waals surface area contributed by atoms with E-state index in [1.807, 2.05) is 18.2 Å². The molecule has 2 saturated heterocycles. The zero-order valence-electron chi connectivity index (χ0n) is 15.8. The molecule has 0 spiro atoms. The number of pyridine rings is 1. The van der Waals surface area contributed by atoms with Gasteiger partial charge in [-0.05, 0) is 62.4 Å². The molecule has 2 aliphatic heterocycles. The van der Waals surface area contributed by atoms with Crippen LogP contribution in [0.1, 0.15) is 41.7 Å². The fraction of sp³-hybridized carbons (Fsp3) is 0.478. The number of rotatable bonds is 5. The van der Waals surface area contributed by atoms with Crippen molar-refractivity contribution in [3.05, 3.63) is 66.0 Å². The maximum atomic E-state index is 13.5. The lowest BCUT2D eigenvalue weighted by atomic mass is 9.63. The van der Waals surface area contributed by atoms with E-state index in [0.717, 1.165) is 45.3 Å². The van der Waals surface area contributed by atoms with Gasteiger partial charge in [-0.15, -0.1) is 0 Å². The summed E-state index contributed by atoms with van der Waals surface area (Å²) < 4.78 is 5.62. The molecule has 4 heteroatoms. The second kappa shape index (κ2) is 8.32. The van der Waals surface area contributed by atoms with E-state index in [2.05, 4.69) is 40.2 Å². The minimum atomic E-state index is -0.300. The first-order valence-corrected chi connectivity index (χ1v) is 10.1. The van der Waals surface area contributed by atoms with Crippen molar-refractivity contribution in [3.8, 4) is 0 Å². The molecule has 2 aliphatic rings. The molecule has 0 unspecified atom stereocenters. The Bertz CT molecular complexity index is 733. The summed E-state index contributed by atoms with van der Waals surface area (Å²) in [4.78, 5) is 20.3. The van der Waals surface area contributed by atoms with Crippen molar-refractivity contribution in [1.82, 2.24) is 9.88 Å². The van der Waals surface area contributed by atoms with E-state index in [-0.39, 0.29) is 11.2 Å². The lowest BCUT2D eigenvalue weighted by Crippen LogP contribution is -2.48. The van der Waals surface area contributed by atoms with Crippen molar-refractivity contribution in [2.45, 2.75) is 32.2 Å². The Kier molecular flexibility index (Phi) is 5.65. The standard InChI is InChI=1S/C23H28N2O2/c26-22(21-8-4-5-13-24-21)23(11-16-27-17-12-23)20-9-14-25(15-10-20)18-19-6-2-1-3-7-19/h1-8,13,20H,9-12,14-18H2.